The van der Waals surface area contributed by atoms with E-state index in [1.165, 1.54) is 0 Å². The van der Waals surface area contributed by atoms with Gasteiger partial charge in [0, 0.05) is 5.69 Å². The average Bonchev–Trinajstić information content (AvgIpc) is 2.30. The summed E-state index contributed by atoms with van der Waals surface area (Å²) in [5.41, 5.74) is 1.80. The minimum Gasteiger partial charge on any atom is -0.497 e. The van der Waals surface area contributed by atoms with E-state index in [9.17, 15) is 4.79 Å². The lowest BCUT2D eigenvalue weighted by Crippen LogP contribution is -2.35. The van der Waals surface area contributed by atoms with Crippen LogP contribution in [0, 0.1) is 6.92 Å². The smallest absolute Gasteiger partial charge is 0.241 e. The molecule has 1 amide bonds. The van der Waals surface area contributed by atoms with Gasteiger partial charge in [0.1, 0.15) is 5.75 Å². The molecule has 2 N–H and O–H groups in total. The van der Waals surface area contributed by atoms with E-state index in [0.29, 0.717) is 0 Å². The Labute approximate surface area is 96.0 Å². The molecule has 0 aliphatic heterocycles. The van der Waals surface area contributed by atoms with Gasteiger partial charge < -0.3 is 15.4 Å². The normalized spacial score (nSPS) is 12.0. The summed E-state index contributed by atoms with van der Waals surface area (Å²) in [5, 5.41) is 5.75. The third-order valence-corrected chi connectivity index (χ3v) is 2.52. The maximum Gasteiger partial charge on any atom is 0.241 e. The zero-order valence-electron chi connectivity index (χ0n) is 10.1. The number of hydrogen-bond donors (Lipinski definition) is 2. The predicted molar refractivity (Wildman–Crippen MR) is 64.9 cm³/mol. The van der Waals surface area contributed by atoms with E-state index in [2.05, 4.69) is 10.6 Å². The van der Waals surface area contributed by atoms with Crippen LogP contribution < -0.4 is 15.4 Å². The van der Waals surface area contributed by atoms with Crippen LogP contribution in [-0.2, 0) is 4.79 Å². The maximum absolute atomic E-state index is 11.6. The number of ether oxygens (including phenoxy) is 1. The van der Waals surface area contributed by atoms with Crippen molar-refractivity contribution in [3.05, 3.63) is 23.8 Å². The van der Waals surface area contributed by atoms with E-state index in [4.69, 9.17) is 4.74 Å². The number of likely N-dealkylation sites (N-methyl/N-ethyl adjacent to an activating group) is 1. The largest absolute Gasteiger partial charge is 0.497 e. The first-order valence-corrected chi connectivity index (χ1v) is 5.21. The Balaban J connectivity index is 2.78. The monoisotopic (exact) mass is 222 g/mol. The Hall–Kier alpha value is -1.55. The number of carbonyl (C=O) groups is 1. The van der Waals surface area contributed by atoms with E-state index >= 15 is 0 Å². The van der Waals surface area contributed by atoms with Gasteiger partial charge in [-0.15, -0.1) is 0 Å². The van der Waals surface area contributed by atoms with Crippen LogP contribution in [-0.4, -0.2) is 26.1 Å². The predicted octanol–water partition coefficient (Wildman–Crippen LogP) is 1.55. The Morgan fingerprint density at radius 2 is 2.12 bits per heavy atom. The molecule has 0 aromatic heterocycles. The van der Waals surface area contributed by atoms with Gasteiger partial charge in [-0.25, -0.2) is 0 Å². The number of anilines is 1. The average molecular weight is 222 g/mol. The molecule has 0 saturated heterocycles. The number of rotatable bonds is 4. The van der Waals surface area contributed by atoms with E-state index in [1.54, 1.807) is 14.2 Å². The van der Waals surface area contributed by atoms with Crippen LogP contribution in [0.2, 0.25) is 0 Å². The van der Waals surface area contributed by atoms with Gasteiger partial charge in [0.2, 0.25) is 5.91 Å². The summed E-state index contributed by atoms with van der Waals surface area (Å²) in [6, 6.07) is 5.35. The molecule has 4 heteroatoms. The van der Waals surface area contributed by atoms with Crippen LogP contribution in [0.25, 0.3) is 0 Å². The van der Waals surface area contributed by atoms with Gasteiger partial charge >= 0.3 is 0 Å². The number of amides is 1. The number of nitrogens with one attached hydrogen (secondary N) is 2. The first kappa shape index (κ1) is 12.5. The van der Waals surface area contributed by atoms with E-state index in [0.717, 1.165) is 17.0 Å². The maximum atomic E-state index is 11.6. The molecule has 1 atom stereocenters. The summed E-state index contributed by atoms with van der Waals surface area (Å²) < 4.78 is 5.10. The molecule has 4 nitrogen and oxygen atoms in total. The van der Waals surface area contributed by atoms with Crippen LogP contribution in [0.3, 0.4) is 0 Å². The van der Waals surface area contributed by atoms with Gasteiger partial charge in [-0.05, 0) is 44.7 Å². The van der Waals surface area contributed by atoms with Gasteiger partial charge in [-0.2, -0.15) is 0 Å². The van der Waals surface area contributed by atoms with Crippen molar-refractivity contribution in [1.29, 1.82) is 0 Å². The molecular formula is C12H18N2O2. The highest BCUT2D eigenvalue weighted by Crippen LogP contribution is 2.20. The molecule has 1 aromatic rings. The molecule has 1 aromatic carbocycles. The molecule has 0 bridgehead atoms. The zero-order valence-corrected chi connectivity index (χ0v) is 10.1. The lowest BCUT2D eigenvalue weighted by atomic mass is 10.2. The Bertz CT molecular complexity index is 377. The second-order valence-corrected chi connectivity index (χ2v) is 3.68. The molecule has 0 aliphatic rings. The van der Waals surface area contributed by atoms with E-state index < -0.39 is 0 Å². The summed E-state index contributed by atoms with van der Waals surface area (Å²) in [6.45, 7) is 3.75. The van der Waals surface area contributed by atoms with Crippen molar-refractivity contribution >= 4 is 11.6 Å². The van der Waals surface area contributed by atoms with Gasteiger partial charge in [-0.1, -0.05) is 0 Å². The highest BCUT2D eigenvalue weighted by atomic mass is 16.5. The summed E-state index contributed by atoms with van der Waals surface area (Å²) in [5.74, 6) is 0.743. The standard InChI is InChI=1S/C12H18N2O2/c1-8-7-10(16-4)5-6-11(8)14-12(15)9(2)13-3/h5-7,9,13H,1-4H3,(H,14,15). The number of aryl methyl sites for hydroxylation is 1. The number of methoxy groups -OCH3 is 1. The molecule has 0 radical (unpaired) electrons. The highest BCUT2D eigenvalue weighted by Gasteiger charge is 2.11. The zero-order chi connectivity index (χ0) is 12.1. The van der Waals surface area contributed by atoms with Crippen molar-refractivity contribution < 1.29 is 9.53 Å². The van der Waals surface area contributed by atoms with Crippen LogP contribution in [0.5, 0.6) is 5.75 Å². The SMILES string of the molecule is CNC(C)C(=O)Nc1ccc(OC)cc1C. The molecule has 16 heavy (non-hydrogen) atoms. The summed E-state index contributed by atoms with van der Waals surface area (Å²) in [4.78, 5) is 11.6. The fourth-order valence-corrected chi connectivity index (χ4v) is 1.28. The minimum atomic E-state index is -0.207. The second kappa shape index (κ2) is 5.51. The van der Waals surface area contributed by atoms with Gasteiger partial charge in [0.15, 0.2) is 0 Å². The Morgan fingerprint density at radius 1 is 1.44 bits per heavy atom. The first-order chi connectivity index (χ1) is 7.58. The van der Waals surface area contributed by atoms with Crippen molar-refractivity contribution in [3.8, 4) is 5.75 Å². The molecule has 0 saturated carbocycles. The molecule has 0 aliphatic carbocycles. The van der Waals surface area contributed by atoms with Crippen molar-refractivity contribution in [2.45, 2.75) is 19.9 Å². The topological polar surface area (TPSA) is 50.4 Å². The third-order valence-electron chi connectivity index (χ3n) is 2.52. The lowest BCUT2D eigenvalue weighted by molar-refractivity contribution is -0.117. The fraction of sp³-hybridized carbons (Fsp3) is 0.417. The van der Waals surface area contributed by atoms with Crippen molar-refractivity contribution in [2.24, 2.45) is 0 Å². The minimum absolute atomic E-state index is 0.0456. The van der Waals surface area contributed by atoms with E-state index in [-0.39, 0.29) is 11.9 Å². The summed E-state index contributed by atoms with van der Waals surface area (Å²) in [6.07, 6.45) is 0. The number of carbonyl (C=O) groups excluding carboxylic acids is 1. The van der Waals surface area contributed by atoms with Crippen LogP contribution in [0.1, 0.15) is 12.5 Å². The van der Waals surface area contributed by atoms with Gasteiger partial charge in [0.05, 0.1) is 13.2 Å². The molecule has 1 unspecified atom stereocenters. The number of hydrogen-bond acceptors (Lipinski definition) is 3. The number of benzene rings is 1. The van der Waals surface area contributed by atoms with Gasteiger partial charge in [0.25, 0.3) is 0 Å². The van der Waals surface area contributed by atoms with E-state index in [1.807, 2.05) is 32.0 Å². The first-order valence-electron chi connectivity index (χ1n) is 5.21. The Morgan fingerprint density at radius 3 is 2.62 bits per heavy atom. The molecule has 1 rings (SSSR count). The summed E-state index contributed by atoms with van der Waals surface area (Å²) in [7, 11) is 3.38. The summed E-state index contributed by atoms with van der Waals surface area (Å²) >= 11 is 0. The molecule has 88 valence electrons. The van der Waals surface area contributed by atoms with Crippen molar-refractivity contribution in [2.75, 3.05) is 19.5 Å². The van der Waals surface area contributed by atoms with Crippen molar-refractivity contribution in [1.82, 2.24) is 5.32 Å². The van der Waals surface area contributed by atoms with Gasteiger partial charge in [-0.3, -0.25) is 4.79 Å². The lowest BCUT2D eigenvalue weighted by Gasteiger charge is -2.13. The molecule has 0 fully saturated rings. The Kier molecular flexibility index (Phi) is 4.31. The molecule has 0 heterocycles. The van der Waals surface area contributed by atoms with Crippen LogP contribution >= 0.6 is 0 Å². The fourth-order valence-electron chi connectivity index (χ4n) is 1.28. The van der Waals surface area contributed by atoms with Crippen LogP contribution in [0.15, 0.2) is 18.2 Å². The second-order valence-electron chi connectivity index (χ2n) is 3.68. The molecule has 0 spiro atoms. The van der Waals surface area contributed by atoms with Crippen LogP contribution in [0.4, 0.5) is 5.69 Å². The van der Waals surface area contributed by atoms with Crippen molar-refractivity contribution in [3.63, 3.8) is 0 Å². The quantitative estimate of drug-likeness (QED) is 0.812. The third kappa shape index (κ3) is 2.97. The highest BCUT2D eigenvalue weighted by molar-refractivity contribution is 5.95. The molecular weight excluding hydrogens is 204 g/mol.